The van der Waals surface area contributed by atoms with Crippen LogP contribution in [-0.4, -0.2) is 72.8 Å². The second-order valence-corrected chi connectivity index (χ2v) is 6.20. The minimum Gasteiger partial charge on any atom is -0.370 e. The van der Waals surface area contributed by atoms with Crippen LogP contribution in [0.25, 0.3) is 0 Å². The standard InChI is InChI=1S/C14H27N7O4/c15-10(22)5-9-14(6-11(16)23,7-12(17)24)21(8-13(18)25)4-3-19-1-2-20-9/h9,19-20H,1-8H2,(H2,15,22)(H2,16,23)(H2,17,24)(H2,18,25). The molecule has 10 N–H and O–H groups in total. The van der Waals surface area contributed by atoms with Crippen LogP contribution in [-0.2, 0) is 19.2 Å². The van der Waals surface area contributed by atoms with Crippen LogP contribution in [0.3, 0.4) is 0 Å². The average Bonchev–Trinajstić information content (AvgIpc) is 2.50. The number of nitrogens with one attached hydrogen (secondary N) is 2. The van der Waals surface area contributed by atoms with Crippen LogP contribution in [0.15, 0.2) is 0 Å². The Balaban J connectivity index is 3.44. The first-order valence-electron chi connectivity index (χ1n) is 7.99. The van der Waals surface area contributed by atoms with Gasteiger partial charge in [0.2, 0.25) is 23.6 Å². The minimum atomic E-state index is -1.28. The van der Waals surface area contributed by atoms with Gasteiger partial charge in [0.1, 0.15) is 0 Å². The second kappa shape index (κ2) is 9.30. The molecule has 11 heteroatoms. The van der Waals surface area contributed by atoms with Gasteiger partial charge in [-0.2, -0.15) is 0 Å². The lowest BCUT2D eigenvalue weighted by Crippen LogP contribution is -2.66. The van der Waals surface area contributed by atoms with Crippen molar-refractivity contribution in [2.75, 3.05) is 32.7 Å². The molecule has 25 heavy (non-hydrogen) atoms. The van der Waals surface area contributed by atoms with E-state index in [4.69, 9.17) is 22.9 Å². The number of nitrogens with zero attached hydrogens (tertiary/aromatic N) is 1. The van der Waals surface area contributed by atoms with Gasteiger partial charge in [0.05, 0.1) is 12.1 Å². The Morgan fingerprint density at radius 2 is 1.48 bits per heavy atom. The summed E-state index contributed by atoms with van der Waals surface area (Å²) in [5, 5.41) is 6.27. The van der Waals surface area contributed by atoms with E-state index in [1.54, 1.807) is 4.90 Å². The number of hydrogen-bond acceptors (Lipinski definition) is 7. The Labute approximate surface area is 145 Å². The highest BCUT2D eigenvalue weighted by molar-refractivity contribution is 5.82. The first-order chi connectivity index (χ1) is 11.7. The molecule has 0 radical (unpaired) electrons. The maximum absolute atomic E-state index is 11.8. The van der Waals surface area contributed by atoms with Gasteiger partial charge in [-0.25, -0.2) is 0 Å². The Hall–Kier alpha value is -2.24. The molecule has 1 rings (SSSR count). The lowest BCUT2D eigenvalue weighted by atomic mass is 9.78. The molecule has 1 heterocycles. The molecular weight excluding hydrogens is 330 g/mol. The first-order valence-corrected chi connectivity index (χ1v) is 7.99. The van der Waals surface area contributed by atoms with E-state index in [2.05, 4.69) is 10.6 Å². The highest BCUT2D eigenvalue weighted by Gasteiger charge is 2.47. The van der Waals surface area contributed by atoms with Gasteiger partial charge in [-0.15, -0.1) is 0 Å². The van der Waals surface area contributed by atoms with Crippen molar-refractivity contribution in [1.82, 2.24) is 15.5 Å². The van der Waals surface area contributed by atoms with Crippen LogP contribution in [0, 0.1) is 0 Å². The van der Waals surface area contributed by atoms with Gasteiger partial charge in [-0.05, 0) is 0 Å². The van der Waals surface area contributed by atoms with Crippen LogP contribution in [0.2, 0.25) is 0 Å². The second-order valence-electron chi connectivity index (χ2n) is 6.20. The van der Waals surface area contributed by atoms with Crippen molar-refractivity contribution in [3.63, 3.8) is 0 Å². The zero-order valence-electron chi connectivity index (χ0n) is 14.1. The summed E-state index contributed by atoms with van der Waals surface area (Å²) in [6.45, 7) is 1.61. The zero-order valence-corrected chi connectivity index (χ0v) is 14.1. The van der Waals surface area contributed by atoms with Gasteiger partial charge in [0.15, 0.2) is 0 Å². The van der Waals surface area contributed by atoms with Crippen molar-refractivity contribution in [1.29, 1.82) is 0 Å². The molecule has 0 saturated carbocycles. The quantitative estimate of drug-likeness (QED) is 0.252. The first kappa shape index (κ1) is 20.8. The number of primary amides is 4. The molecule has 4 amide bonds. The number of hydrogen-bond donors (Lipinski definition) is 6. The van der Waals surface area contributed by atoms with E-state index in [9.17, 15) is 19.2 Å². The lowest BCUT2D eigenvalue weighted by Gasteiger charge is -2.47. The summed E-state index contributed by atoms with van der Waals surface area (Å²) >= 11 is 0. The van der Waals surface area contributed by atoms with E-state index in [0.717, 1.165) is 0 Å². The van der Waals surface area contributed by atoms with Gasteiger partial charge in [-0.3, -0.25) is 24.1 Å². The van der Waals surface area contributed by atoms with Gasteiger partial charge < -0.3 is 33.6 Å². The van der Waals surface area contributed by atoms with Gasteiger partial charge in [-0.1, -0.05) is 0 Å². The van der Waals surface area contributed by atoms with Crippen molar-refractivity contribution in [2.24, 2.45) is 22.9 Å². The normalized spacial score (nSPS) is 21.5. The van der Waals surface area contributed by atoms with Crippen molar-refractivity contribution in [3.05, 3.63) is 0 Å². The summed E-state index contributed by atoms with van der Waals surface area (Å²) in [6.07, 6.45) is -0.724. The third-order valence-electron chi connectivity index (χ3n) is 4.24. The van der Waals surface area contributed by atoms with Gasteiger partial charge in [0.25, 0.3) is 0 Å². The SMILES string of the molecule is NC(=O)CC1NCCNCCN(CC(N)=O)C1(CC(N)=O)CC(N)=O. The van der Waals surface area contributed by atoms with E-state index in [1.807, 2.05) is 0 Å². The molecule has 0 aromatic heterocycles. The predicted octanol–water partition coefficient (Wildman–Crippen LogP) is -4.30. The highest BCUT2D eigenvalue weighted by Crippen LogP contribution is 2.30. The molecule has 0 bridgehead atoms. The van der Waals surface area contributed by atoms with Crippen LogP contribution in [0.5, 0.6) is 0 Å². The molecule has 0 aliphatic carbocycles. The molecule has 0 spiro atoms. The number of nitrogens with two attached hydrogens (primary N) is 4. The zero-order chi connectivity index (χ0) is 19.0. The van der Waals surface area contributed by atoms with E-state index in [1.165, 1.54) is 0 Å². The Bertz CT molecular complexity index is 479. The van der Waals surface area contributed by atoms with E-state index < -0.39 is 35.2 Å². The van der Waals surface area contributed by atoms with Crippen molar-refractivity contribution >= 4 is 23.6 Å². The lowest BCUT2D eigenvalue weighted by molar-refractivity contribution is -0.132. The Morgan fingerprint density at radius 1 is 0.880 bits per heavy atom. The highest BCUT2D eigenvalue weighted by atomic mass is 16.2. The summed E-state index contributed by atoms with van der Waals surface area (Å²) in [6, 6.07) is -0.704. The third-order valence-corrected chi connectivity index (χ3v) is 4.24. The van der Waals surface area contributed by atoms with E-state index >= 15 is 0 Å². The third kappa shape index (κ3) is 6.29. The van der Waals surface area contributed by atoms with Crippen molar-refractivity contribution in [2.45, 2.75) is 30.8 Å². The monoisotopic (exact) mass is 357 g/mol. The Morgan fingerprint density at radius 3 is 1.96 bits per heavy atom. The fourth-order valence-electron chi connectivity index (χ4n) is 3.33. The Kier molecular flexibility index (Phi) is 7.74. The summed E-state index contributed by atoms with van der Waals surface area (Å²) in [4.78, 5) is 48.2. The molecule has 1 atom stereocenters. The topological polar surface area (TPSA) is 200 Å². The number of carbonyl (C=O) groups excluding carboxylic acids is 4. The molecule has 142 valence electrons. The maximum atomic E-state index is 11.8. The molecule has 1 fully saturated rings. The smallest absolute Gasteiger partial charge is 0.231 e. The minimum absolute atomic E-state index is 0.157. The van der Waals surface area contributed by atoms with Crippen molar-refractivity contribution < 1.29 is 19.2 Å². The van der Waals surface area contributed by atoms with Gasteiger partial charge >= 0.3 is 0 Å². The number of carbonyl (C=O) groups is 4. The van der Waals surface area contributed by atoms with Crippen molar-refractivity contribution in [3.8, 4) is 0 Å². The van der Waals surface area contributed by atoms with Crippen LogP contribution in [0.1, 0.15) is 19.3 Å². The fraction of sp³-hybridized carbons (Fsp3) is 0.714. The summed E-state index contributed by atoms with van der Waals surface area (Å²) in [7, 11) is 0. The maximum Gasteiger partial charge on any atom is 0.231 e. The van der Waals surface area contributed by atoms with Gasteiger partial charge in [0, 0.05) is 51.5 Å². The van der Waals surface area contributed by atoms with E-state index in [-0.39, 0.29) is 25.8 Å². The summed E-state index contributed by atoms with van der Waals surface area (Å²) in [5.74, 6) is -2.66. The molecule has 0 aromatic carbocycles. The molecule has 1 saturated heterocycles. The molecule has 1 aliphatic rings. The van der Waals surface area contributed by atoms with Crippen LogP contribution >= 0.6 is 0 Å². The molecule has 1 unspecified atom stereocenters. The van der Waals surface area contributed by atoms with E-state index in [0.29, 0.717) is 26.2 Å². The van der Waals surface area contributed by atoms with Crippen LogP contribution < -0.4 is 33.6 Å². The average molecular weight is 357 g/mol. The predicted molar refractivity (Wildman–Crippen MR) is 89.6 cm³/mol. The largest absolute Gasteiger partial charge is 0.370 e. The molecular formula is C14H27N7O4. The number of rotatable bonds is 8. The molecule has 11 nitrogen and oxygen atoms in total. The fourth-order valence-corrected chi connectivity index (χ4v) is 3.33. The molecule has 1 aliphatic heterocycles. The number of amides is 4. The summed E-state index contributed by atoms with van der Waals surface area (Å²) in [5.41, 5.74) is 20.2. The van der Waals surface area contributed by atoms with Crippen LogP contribution in [0.4, 0.5) is 0 Å². The summed E-state index contributed by atoms with van der Waals surface area (Å²) < 4.78 is 0. The molecule has 0 aromatic rings.